The van der Waals surface area contributed by atoms with Crippen LogP contribution in [0.15, 0.2) is 0 Å². The van der Waals surface area contributed by atoms with Gasteiger partial charge in [0.2, 0.25) is 0 Å². The van der Waals surface area contributed by atoms with Gasteiger partial charge in [-0.25, -0.2) is 4.57 Å². The Hall–Kier alpha value is -1.49. The Balaban J connectivity index is 4.51. The molecule has 9 nitrogen and oxygen atoms in total. The van der Waals surface area contributed by atoms with Gasteiger partial charge in [0.1, 0.15) is 0 Å². The summed E-state index contributed by atoms with van der Waals surface area (Å²) in [6.45, 7) is 2.42. The van der Waals surface area contributed by atoms with Gasteiger partial charge in [-0.1, -0.05) is 0 Å². The highest BCUT2D eigenvalue weighted by atomic mass is 31.1. The Bertz CT molecular complexity index is 335. The zero-order valence-corrected chi connectivity index (χ0v) is 9.56. The van der Waals surface area contributed by atoms with Gasteiger partial charge in [0.05, 0.1) is 0 Å². The zero-order valence-electron chi connectivity index (χ0n) is 8.56. The van der Waals surface area contributed by atoms with Crippen LogP contribution in [-0.2, 0) is 13.6 Å². The summed E-state index contributed by atoms with van der Waals surface area (Å²) >= 11 is 0. The van der Waals surface area contributed by atoms with Crippen molar-refractivity contribution < 1.29 is 33.4 Å². The van der Waals surface area contributed by atoms with E-state index in [0.717, 1.165) is 0 Å². The van der Waals surface area contributed by atoms with Crippen LogP contribution < -0.4 is 0 Å². The quantitative estimate of drug-likeness (QED) is 0.225. The van der Waals surface area contributed by atoms with Gasteiger partial charge in [0.15, 0.2) is 12.2 Å². The maximum Gasteiger partial charge on any atom is 0.485 e. The van der Waals surface area contributed by atoms with E-state index in [4.69, 9.17) is 21.3 Å². The number of aliphatic hydroxyl groups is 2. The van der Waals surface area contributed by atoms with Crippen LogP contribution in [0.25, 0.3) is 11.1 Å². The topological polar surface area (TPSA) is 149 Å². The molecule has 0 radical (unpaired) electrons. The standard InChI is InChI=1S/C6H11N4O5P/c1-3(11)5(9-7)14-16(13)15-6(10-8)4(2)12/h3-4,11-12,16H,1-2H3. The summed E-state index contributed by atoms with van der Waals surface area (Å²) in [5.74, 6) is -1.24. The average molecular weight is 250 g/mol. The number of nitrogens with zero attached hydrogens (tertiary/aromatic N) is 4. The molecule has 0 saturated carbocycles. The number of aliphatic hydroxyl groups excluding tert-OH is 2. The van der Waals surface area contributed by atoms with E-state index < -0.39 is 32.3 Å². The van der Waals surface area contributed by atoms with Gasteiger partial charge in [-0.15, -0.1) is 9.58 Å². The van der Waals surface area contributed by atoms with Crippen LogP contribution in [0.5, 0.6) is 0 Å². The molecule has 0 heterocycles. The Labute approximate surface area is 91.4 Å². The summed E-state index contributed by atoms with van der Waals surface area (Å²) in [5, 5.41) is 17.9. The van der Waals surface area contributed by atoms with Crippen molar-refractivity contribution in [2.24, 2.45) is 0 Å². The highest BCUT2D eigenvalue weighted by Crippen LogP contribution is 2.25. The van der Waals surface area contributed by atoms with Crippen LogP contribution in [0.2, 0.25) is 0 Å². The lowest BCUT2D eigenvalue weighted by molar-refractivity contribution is -0.0502. The van der Waals surface area contributed by atoms with Crippen LogP contribution in [-0.4, -0.2) is 43.8 Å². The Kier molecular flexibility index (Phi) is 6.25. The van der Waals surface area contributed by atoms with E-state index >= 15 is 0 Å². The summed E-state index contributed by atoms with van der Waals surface area (Å²) in [6, 6.07) is 0. The second-order valence-electron chi connectivity index (χ2n) is 2.68. The van der Waals surface area contributed by atoms with Gasteiger partial charge < -0.3 is 30.3 Å². The fourth-order valence-electron chi connectivity index (χ4n) is 0.570. The third-order valence-corrected chi connectivity index (χ3v) is 2.04. The minimum atomic E-state index is -3.25. The van der Waals surface area contributed by atoms with Crippen molar-refractivity contribution in [3.63, 3.8) is 0 Å². The van der Waals surface area contributed by atoms with Gasteiger partial charge in [-0.05, 0) is 13.8 Å². The second kappa shape index (κ2) is 6.90. The summed E-state index contributed by atoms with van der Waals surface area (Å²) in [7, 11) is -3.25. The SMILES string of the molecule is CC(O)C(=[N+]=[N-])O[PH](=O)OC(=[N+]=[N-])C(C)O. The maximum atomic E-state index is 11.1. The Morgan fingerprint density at radius 2 is 1.44 bits per heavy atom. The second-order valence-corrected chi connectivity index (χ2v) is 3.59. The first-order valence-electron chi connectivity index (χ1n) is 4.12. The molecular weight excluding hydrogens is 239 g/mol. The van der Waals surface area contributed by atoms with Crippen LogP contribution in [0, 0.1) is 0 Å². The first-order chi connectivity index (χ1) is 7.42. The van der Waals surface area contributed by atoms with Crippen molar-refractivity contribution in [1.82, 2.24) is 0 Å². The van der Waals surface area contributed by atoms with Crippen LogP contribution in [0.1, 0.15) is 13.8 Å². The minimum absolute atomic E-state index is 0.619. The van der Waals surface area contributed by atoms with Crippen molar-refractivity contribution >= 4 is 20.1 Å². The van der Waals surface area contributed by atoms with E-state index in [9.17, 15) is 4.57 Å². The smallest absolute Gasteiger partial charge is 0.378 e. The largest absolute Gasteiger partial charge is 0.485 e. The van der Waals surface area contributed by atoms with Crippen molar-refractivity contribution in [1.29, 1.82) is 0 Å². The molecule has 10 heteroatoms. The first-order valence-corrected chi connectivity index (χ1v) is 5.34. The maximum absolute atomic E-state index is 11.1. The molecule has 2 atom stereocenters. The summed E-state index contributed by atoms with van der Waals surface area (Å²) in [4.78, 5) is 5.06. The number of hydrogen-bond acceptors (Lipinski definition) is 5. The molecule has 0 aromatic carbocycles. The molecule has 0 aromatic heterocycles. The highest BCUT2D eigenvalue weighted by molar-refractivity contribution is 7.34. The molecule has 0 bridgehead atoms. The lowest BCUT2D eigenvalue weighted by Gasteiger charge is -2.03. The van der Waals surface area contributed by atoms with Crippen LogP contribution in [0.4, 0.5) is 0 Å². The molecule has 0 rings (SSSR count). The lowest BCUT2D eigenvalue weighted by atomic mass is 10.4. The van der Waals surface area contributed by atoms with Gasteiger partial charge >= 0.3 is 20.1 Å². The molecule has 0 aliphatic heterocycles. The molecule has 0 spiro atoms. The van der Waals surface area contributed by atoms with E-state index in [-0.39, 0.29) is 0 Å². The Morgan fingerprint density at radius 1 is 1.12 bits per heavy atom. The van der Waals surface area contributed by atoms with Crippen molar-refractivity contribution in [3.05, 3.63) is 11.1 Å². The fourth-order valence-corrected chi connectivity index (χ4v) is 1.38. The lowest BCUT2D eigenvalue weighted by Crippen LogP contribution is -2.21. The molecule has 2 unspecified atom stereocenters. The summed E-state index contributed by atoms with van der Waals surface area (Å²) < 4.78 is 20.0. The number of hydrogen-bond donors (Lipinski definition) is 2. The number of rotatable bonds is 4. The molecule has 90 valence electrons. The minimum Gasteiger partial charge on any atom is -0.378 e. The van der Waals surface area contributed by atoms with E-state index in [1.54, 1.807) is 0 Å². The van der Waals surface area contributed by atoms with E-state index in [2.05, 4.69) is 18.6 Å². The molecule has 0 saturated heterocycles. The van der Waals surface area contributed by atoms with E-state index in [1.165, 1.54) is 13.8 Å². The van der Waals surface area contributed by atoms with Crippen molar-refractivity contribution in [3.8, 4) is 0 Å². The van der Waals surface area contributed by atoms with Gasteiger partial charge in [-0.3, -0.25) is 0 Å². The van der Waals surface area contributed by atoms with Crippen LogP contribution >= 0.6 is 8.25 Å². The molecule has 0 aliphatic rings. The average Bonchev–Trinajstić information content (AvgIpc) is 2.21. The monoisotopic (exact) mass is 250 g/mol. The molecule has 2 N–H and O–H groups in total. The van der Waals surface area contributed by atoms with Crippen molar-refractivity contribution in [2.75, 3.05) is 0 Å². The normalized spacial score (nSPS) is 15.0. The highest BCUT2D eigenvalue weighted by Gasteiger charge is 2.26. The predicted octanol–water partition coefficient (Wildman–Crippen LogP) is -0.573. The van der Waals surface area contributed by atoms with Crippen molar-refractivity contribution in [2.45, 2.75) is 26.1 Å². The molecule has 0 aliphatic carbocycles. The van der Waals surface area contributed by atoms with Crippen LogP contribution in [0.3, 0.4) is 0 Å². The van der Waals surface area contributed by atoms with E-state index in [1.807, 2.05) is 0 Å². The molecule has 0 aromatic rings. The van der Waals surface area contributed by atoms with E-state index in [0.29, 0.717) is 0 Å². The molecule has 0 amide bonds. The van der Waals surface area contributed by atoms with Gasteiger partial charge in [0, 0.05) is 0 Å². The molecule has 0 fully saturated rings. The third kappa shape index (κ3) is 4.84. The predicted molar refractivity (Wildman–Crippen MR) is 51.8 cm³/mol. The van der Waals surface area contributed by atoms with Gasteiger partial charge in [-0.2, -0.15) is 0 Å². The zero-order chi connectivity index (χ0) is 12.7. The van der Waals surface area contributed by atoms with Gasteiger partial charge in [0.25, 0.3) is 0 Å². The summed E-state index contributed by atoms with van der Waals surface area (Å²) in [6.07, 6.45) is -2.58. The fraction of sp³-hybridized carbons (Fsp3) is 0.667. The Morgan fingerprint density at radius 3 is 1.62 bits per heavy atom. The molecule has 16 heavy (non-hydrogen) atoms. The summed E-state index contributed by atoms with van der Waals surface area (Å²) in [5.41, 5.74) is 16.7. The first kappa shape index (κ1) is 14.5. The third-order valence-electron chi connectivity index (χ3n) is 1.29. The molecular formula is C6H11N4O5P.